The fraction of sp³-hybridized carbons (Fsp3) is 0.294. The highest BCUT2D eigenvalue weighted by atomic mass is 32.2. The molecule has 23 heavy (non-hydrogen) atoms. The molecule has 4 N–H and O–H groups in total. The van der Waals surface area contributed by atoms with E-state index in [0.717, 1.165) is 29.7 Å². The highest BCUT2D eigenvalue weighted by molar-refractivity contribution is 7.89. The summed E-state index contributed by atoms with van der Waals surface area (Å²) in [6.07, 6.45) is 0.787. The number of hydrogen-bond donors (Lipinski definition) is 3. The van der Waals surface area contributed by atoms with Crippen LogP contribution in [-0.4, -0.2) is 20.1 Å². The smallest absolute Gasteiger partial charge is 0.238 e. The second-order valence-corrected chi connectivity index (χ2v) is 7.08. The molecule has 0 aliphatic rings. The van der Waals surface area contributed by atoms with E-state index in [9.17, 15) is 13.5 Å². The van der Waals surface area contributed by atoms with Crippen molar-refractivity contribution in [2.75, 3.05) is 6.54 Å². The number of primary sulfonamides is 1. The van der Waals surface area contributed by atoms with Crippen LogP contribution in [0.25, 0.3) is 0 Å². The third-order valence-electron chi connectivity index (χ3n) is 3.75. The molecule has 0 heterocycles. The number of sulfonamides is 1. The number of rotatable bonds is 7. The average Bonchev–Trinajstić information content (AvgIpc) is 2.54. The number of nitrogens with one attached hydrogen (secondary N) is 1. The Kier molecular flexibility index (Phi) is 5.90. The van der Waals surface area contributed by atoms with Crippen molar-refractivity contribution in [3.63, 3.8) is 0 Å². The molecule has 0 aromatic heterocycles. The van der Waals surface area contributed by atoms with Gasteiger partial charge in [0.05, 0.1) is 11.5 Å². The summed E-state index contributed by atoms with van der Waals surface area (Å²) in [5, 5.41) is 17.7. The molecule has 1 atom stereocenters. The summed E-state index contributed by atoms with van der Waals surface area (Å²) in [5.41, 5.74) is 3.07. The van der Waals surface area contributed by atoms with Crippen molar-refractivity contribution >= 4 is 10.0 Å². The minimum Gasteiger partial charge on any atom is -0.392 e. The number of hydrogen-bond acceptors (Lipinski definition) is 4. The Balaban J connectivity index is 1.89. The van der Waals surface area contributed by atoms with E-state index in [1.165, 1.54) is 12.1 Å². The molecule has 2 aromatic rings. The van der Waals surface area contributed by atoms with Crippen LogP contribution in [0.3, 0.4) is 0 Å². The molecule has 0 fully saturated rings. The zero-order chi connectivity index (χ0) is 16.9. The van der Waals surface area contributed by atoms with Crippen molar-refractivity contribution in [1.29, 1.82) is 0 Å². The van der Waals surface area contributed by atoms with Gasteiger partial charge in [0.2, 0.25) is 10.0 Å². The standard InChI is InChI=1S/C17H22N2O3S/c1-13(16-4-2-3-15(11-16)12-20)19-10-9-14-5-7-17(8-6-14)23(18,21)22/h2-8,11,13,19-20H,9-10,12H2,1H3,(H2,18,21,22). The van der Waals surface area contributed by atoms with Gasteiger partial charge in [-0.3, -0.25) is 0 Å². The molecular weight excluding hydrogens is 312 g/mol. The van der Waals surface area contributed by atoms with E-state index >= 15 is 0 Å². The minimum absolute atomic E-state index is 0.0387. The van der Waals surface area contributed by atoms with E-state index in [1.54, 1.807) is 12.1 Å². The average molecular weight is 334 g/mol. The van der Waals surface area contributed by atoms with Gasteiger partial charge >= 0.3 is 0 Å². The predicted molar refractivity (Wildman–Crippen MR) is 90.3 cm³/mol. The Labute approximate surface area is 137 Å². The molecule has 0 bridgehead atoms. The largest absolute Gasteiger partial charge is 0.392 e. The van der Waals surface area contributed by atoms with Crippen LogP contribution in [0.1, 0.15) is 29.7 Å². The summed E-state index contributed by atoms with van der Waals surface area (Å²) in [6, 6.07) is 14.6. The Morgan fingerprint density at radius 2 is 1.83 bits per heavy atom. The van der Waals surface area contributed by atoms with Crippen LogP contribution in [0.15, 0.2) is 53.4 Å². The van der Waals surface area contributed by atoms with Gasteiger partial charge in [0.1, 0.15) is 0 Å². The van der Waals surface area contributed by atoms with E-state index in [1.807, 2.05) is 24.3 Å². The predicted octanol–water partition coefficient (Wildman–Crippen LogP) is 1.72. The third-order valence-corrected chi connectivity index (χ3v) is 4.68. The number of aliphatic hydroxyl groups excluding tert-OH is 1. The van der Waals surface area contributed by atoms with Gasteiger partial charge in [0, 0.05) is 6.04 Å². The van der Waals surface area contributed by atoms with Crippen molar-refractivity contribution in [2.45, 2.75) is 30.9 Å². The SMILES string of the molecule is CC(NCCc1ccc(S(N)(=O)=O)cc1)c1cccc(CO)c1. The van der Waals surface area contributed by atoms with Crippen LogP contribution in [0.2, 0.25) is 0 Å². The first-order valence-corrected chi connectivity index (χ1v) is 8.99. The quantitative estimate of drug-likeness (QED) is 0.719. The molecular formula is C17H22N2O3S. The first kappa shape index (κ1) is 17.6. The maximum atomic E-state index is 11.2. The molecule has 1 unspecified atom stereocenters. The van der Waals surface area contributed by atoms with E-state index < -0.39 is 10.0 Å². The molecule has 0 aliphatic carbocycles. The normalized spacial score (nSPS) is 13.0. The number of benzene rings is 2. The van der Waals surface area contributed by atoms with Gasteiger partial charge in [-0.15, -0.1) is 0 Å². The first-order valence-electron chi connectivity index (χ1n) is 7.45. The lowest BCUT2D eigenvalue weighted by molar-refractivity contribution is 0.281. The summed E-state index contributed by atoms with van der Waals surface area (Å²) < 4.78 is 22.4. The van der Waals surface area contributed by atoms with Gasteiger partial charge in [-0.2, -0.15) is 0 Å². The summed E-state index contributed by atoms with van der Waals surface area (Å²) in [4.78, 5) is 0.128. The molecule has 0 aliphatic heterocycles. The molecule has 0 amide bonds. The van der Waals surface area contributed by atoms with Crippen molar-refractivity contribution < 1.29 is 13.5 Å². The second-order valence-electron chi connectivity index (χ2n) is 5.52. The molecule has 0 radical (unpaired) electrons. The van der Waals surface area contributed by atoms with Crippen molar-refractivity contribution in [3.8, 4) is 0 Å². The topological polar surface area (TPSA) is 92.4 Å². The van der Waals surface area contributed by atoms with Gasteiger partial charge in [0.25, 0.3) is 0 Å². The molecule has 0 saturated heterocycles. The summed E-state index contributed by atoms with van der Waals surface area (Å²) in [6.45, 7) is 2.87. The molecule has 5 nitrogen and oxygen atoms in total. The maximum Gasteiger partial charge on any atom is 0.238 e. The lowest BCUT2D eigenvalue weighted by Crippen LogP contribution is -2.21. The van der Waals surface area contributed by atoms with Crippen LogP contribution in [-0.2, 0) is 23.1 Å². The fourth-order valence-electron chi connectivity index (χ4n) is 2.36. The Morgan fingerprint density at radius 1 is 1.13 bits per heavy atom. The van der Waals surface area contributed by atoms with Gasteiger partial charge in [-0.05, 0) is 48.7 Å². The molecule has 124 valence electrons. The Morgan fingerprint density at radius 3 is 2.43 bits per heavy atom. The highest BCUT2D eigenvalue weighted by Gasteiger charge is 2.08. The van der Waals surface area contributed by atoms with Gasteiger partial charge in [-0.25, -0.2) is 13.6 Å². The Bertz CT molecular complexity index is 743. The lowest BCUT2D eigenvalue weighted by atomic mass is 10.1. The summed E-state index contributed by atoms with van der Waals surface area (Å²) in [7, 11) is -3.63. The van der Waals surface area contributed by atoms with E-state index in [4.69, 9.17) is 5.14 Å². The van der Waals surface area contributed by atoms with Crippen LogP contribution < -0.4 is 10.5 Å². The zero-order valence-electron chi connectivity index (χ0n) is 13.1. The third kappa shape index (κ3) is 5.14. The van der Waals surface area contributed by atoms with Gasteiger partial charge in [0.15, 0.2) is 0 Å². The van der Waals surface area contributed by atoms with Crippen LogP contribution in [0.4, 0.5) is 0 Å². The molecule has 2 rings (SSSR count). The lowest BCUT2D eigenvalue weighted by Gasteiger charge is -2.15. The van der Waals surface area contributed by atoms with Crippen LogP contribution >= 0.6 is 0 Å². The van der Waals surface area contributed by atoms with Crippen molar-refractivity contribution in [3.05, 3.63) is 65.2 Å². The van der Waals surface area contributed by atoms with Gasteiger partial charge in [-0.1, -0.05) is 36.4 Å². The second kappa shape index (κ2) is 7.70. The number of aliphatic hydroxyl groups is 1. The zero-order valence-corrected chi connectivity index (χ0v) is 13.9. The van der Waals surface area contributed by atoms with Gasteiger partial charge < -0.3 is 10.4 Å². The molecule has 0 saturated carbocycles. The van der Waals surface area contributed by atoms with E-state index in [-0.39, 0.29) is 17.5 Å². The first-order chi connectivity index (χ1) is 10.9. The Hall–Kier alpha value is -1.73. The number of nitrogens with two attached hydrogens (primary N) is 1. The van der Waals surface area contributed by atoms with Crippen LogP contribution in [0.5, 0.6) is 0 Å². The fourth-order valence-corrected chi connectivity index (χ4v) is 2.87. The highest BCUT2D eigenvalue weighted by Crippen LogP contribution is 2.14. The molecule has 2 aromatic carbocycles. The molecule has 6 heteroatoms. The summed E-state index contributed by atoms with van der Waals surface area (Å²) >= 11 is 0. The maximum absolute atomic E-state index is 11.2. The van der Waals surface area contributed by atoms with Crippen LogP contribution in [0, 0.1) is 0 Å². The van der Waals surface area contributed by atoms with E-state index in [0.29, 0.717) is 0 Å². The van der Waals surface area contributed by atoms with Crippen molar-refractivity contribution in [2.24, 2.45) is 5.14 Å². The molecule has 0 spiro atoms. The monoisotopic (exact) mass is 334 g/mol. The van der Waals surface area contributed by atoms with Crippen molar-refractivity contribution in [1.82, 2.24) is 5.32 Å². The summed E-state index contributed by atoms with van der Waals surface area (Å²) in [5.74, 6) is 0. The minimum atomic E-state index is -3.63. The van der Waals surface area contributed by atoms with E-state index in [2.05, 4.69) is 12.2 Å².